The second-order valence-corrected chi connectivity index (χ2v) is 5.72. The smallest absolute Gasteiger partial charge is 0.327 e. The quantitative estimate of drug-likeness (QED) is 0.591. The normalized spacial score (nSPS) is 11.0. The van der Waals surface area contributed by atoms with Gasteiger partial charge in [-0.3, -0.25) is 0 Å². The molecule has 0 spiro atoms. The first-order valence-corrected chi connectivity index (χ1v) is 8.28. The monoisotopic (exact) mass is 345 g/mol. The number of methoxy groups -OCH3 is 1. The Balaban J connectivity index is 1.81. The van der Waals surface area contributed by atoms with Gasteiger partial charge in [-0.1, -0.05) is 12.1 Å². The molecule has 0 unspecified atom stereocenters. The zero-order chi connectivity index (χ0) is 16.9. The molecule has 0 aliphatic heterocycles. The van der Waals surface area contributed by atoms with Crippen LogP contribution in [0.3, 0.4) is 0 Å². The van der Waals surface area contributed by atoms with Gasteiger partial charge in [-0.2, -0.15) is 0 Å². The maximum Gasteiger partial charge on any atom is 0.327 e. The van der Waals surface area contributed by atoms with Crippen molar-refractivity contribution in [2.75, 3.05) is 12.4 Å². The second kappa shape index (κ2) is 7.51. The summed E-state index contributed by atoms with van der Waals surface area (Å²) in [5.41, 5.74) is 2.50. The molecule has 3 aromatic rings. The largest absolute Gasteiger partial charge is 0.497 e. The van der Waals surface area contributed by atoms with E-state index in [2.05, 4.69) is 15.3 Å². The van der Waals surface area contributed by atoms with E-state index in [1.54, 1.807) is 7.11 Å². The first-order valence-electron chi connectivity index (χ1n) is 7.11. The van der Waals surface area contributed by atoms with Crippen LogP contribution in [-0.2, 0) is 11.1 Å². The molecular weight excluding hydrogens is 329 g/mol. The molecule has 0 aliphatic rings. The zero-order valence-corrected chi connectivity index (χ0v) is 13.8. The molecule has 2 aromatic carbocycles. The average molecular weight is 345 g/mol. The predicted octanol–water partition coefficient (Wildman–Crippen LogP) is 3.11. The van der Waals surface area contributed by atoms with Crippen molar-refractivity contribution in [3.8, 4) is 5.75 Å². The molecule has 0 fully saturated rings. The molecule has 0 aliphatic carbocycles. The Bertz CT molecular complexity index is 827. The van der Waals surface area contributed by atoms with E-state index < -0.39 is 8.60 Å². The van der Waals surface area contributed by atoms with Crippen LogP contribution in [0, 0.1) is 0 Å². The lowest BCUT2D eigenvalue weighted by Gasteiger charge is -2.10. The van der Waals surface area contributed by atoms with Gasteiger partial charge in [0.05, 0.1) is 19.2 Å². The number of nitrogens with one attached hydrogen (secondary N) is 1. The van der Waals surface area contributed by atoms with Crippen molar-refractivity contribution in [3.05, 3.63) is 54.4 Å². The number of fused-ring (bicyclic) bond motifs is 1. The van der Waals surface area contributed by atoms with Gasteiger partial charge in [0.25, 0.3) is 0 Å². The molecule has 0 atom stereocenters. The van der Waals surface area contributed by atoms with Gasteiger partial charge in [0, 0.05) is 11.1 Å². The van der Waals surface area contributed by atoms with Gasteiger partial charge >= 0.3 is 8.60 Å². The van der Waals surface area contributed by atoms with Gasteiger partial charge in [0.15, 0.2) is 0 Å². The van der Waals surface area contributed by atoms with Gasteiger partial charge in [0.2, 0.25) is 0 Å². The predicted molar refractivity (Wildman–Crippen MR) is 92.0 cm³/mol. The van der Waals surface area contributed by atoms with Gasteiger partial charge < -0.3 is 24.4 Å². The lowest BCUT2D eigenvalue weighted by atomic mass is 10.2. The summed E-state index contributed by atoms with van der Waals surface area (Å²) in [6.07, 6.45) is 1.50. The third kappa shape index (κ3) is 3.96. The Morgan fingerprint density at radius 1 is 1.08 bits per heavy atom. The van der Waals surface area contributed by atoms with Crippen molar-refractivity contribution in [1.29, 1.82) is 0 Å². The van der Waals surface area contributed by atoms with Gasteiger partial charge in [-0.25, -0.2) is 9.97 Å². The molecule has 3 N–H and O–H groups in total. The minimum atomic E-state index is -2.34. The molecule has 0 saturated heterocycles. The molecule has 0 amide bonds. The van der Waals surface area contributed by atoms with Crippen molar-refractivity contribution in [2.45, 2.75) is 6.61 Å². The lowest BCUT2D eigenvalue weighted by Crippen LogP contribution is -1.97. The van der Waals surface area contributed by atoms with E-state index >= 15 is 0 Å². The highest BCUT2D eigenvalue weighted by Gasteiger charge is 2.06. The van der Waals surface area contributed by atoms with E-state index in [1.807, 2.05) is 42.5 Å². The Morgan fingerprint density at radius 2 is 1.88 bits per heavy atom. The Hall–Kier alpha value is -2.31. The highest BCUT2D eigenvalue weighted by molar-refractivity contribution is 7.39. The highest BCUT2D eigenvalue weighted by atomic mass is 31.2. The van der Waals surface area contributed by atoms with Crippen LogP contribution in [0.5, 0.6) is 5.75 Å². The topological polar surface area (TPSA) is 96.7 Å². The minimum Gasteiger partial charge on any atom is -0.497 e. The van der Waals surface area contributed by atoms with E-state index in [0.29, 0.717) is 5.82 Å². The van der Waals surface area contributed by atoms with Crippen molar-refractivity contribution < 1.29 is 19.0 Å². The van der Waals surface area contributed by atoms with Crippen LogP contribution in [-0.4, -0.2) is 26.9 Å². The number of ether oxygens (including phenoxy) is 1. The van der Waals surface area contributed by atoms with E-state index in [1.165, 1.54) is 6.33 Å². The van der Waals surface area contributed by atoms with Crippen LogP contribution in [0.2, 0.25) is 0 Å². The molecule has 1 heterocycles. The van der Waals surface area contributed by atoms with E-state index in [4.69, 9.17) is 19.0 Å². The van der Waals surface area contributed by atoms with Crippen molar-refractivity contribution >= 4 is 31.0 Å². The molecule has 0 radical (unpaired) electrons. The molecular formula is C16H16N3O4P. The standard InChI is InChI=1S/C16H16N3O4P/c1-22-13-6-7-15-14(8-13)16(18-10-17-15)19-12-4-2-11(3-5-12)9-23-24(20)21/h2-8,10,20-21H,9H2,1H3,(H,17,18,19). The molecule has 0 saturated carbocycles. The SMILES string of the molecule is COc1ccc2ncnc(Nc3ccc(COP(O)O)cc3)c2c1. The third-order valence-electron chi connectivity index (χ3n) is 3.41. The summed E-state index contributed by atoms with van der Waals surface area (Å²) in [5.74, 6) is 1.41. The van der Waals surface area contributed by atoms with Crippen molar-refractivity contribution in [1.82, 2.24) is 9.97 Å². The van der Waals surface area contributed by atoms with Crippen LogP contribution in [0.25, 0.3) is 10.9 Å². The Morgan fingerprint density at radius 3 is 2.58 bits per heavy atom. The zero-order valence-electron chi connectivity index (χ0n) is 12.9. The molecule has 7 nitrogen and oxygen atoms in total. The molecule has 0 bridgehead atoms. The molecule has 3 rings (SSSR count). The van der Waals surface area contributed by atoms with Crippen molar-refractivity contribution in [2.24, 2.45) is 0 Å². The molecule has 24 heavy (non-hydrogen) atoms. The third-order valence-corrected chi connectivity index (χ3v) is 3.77. The summed E-state index contributed by atoms with van der Waals surface area (Å²) >= 11 is 0. The molecule has 8 heteroatoms. The summed E-state index contributed by atoms with van der Waals surface area (Å²) in [5, 5.41) is 4.11. The van der Waals surface area contributed by atoms with Gasteiger partial charge in [-0.15, -0.1) is 0 Å². The Kier molecular flexibility index (Phi) is 5.17. The first-order chi connectivity index (χ1) is 11.7. The molecule has 1 aromatic heterocycles. The van der Waals surface area contributed by atoms with Crippen LogP contribution < -0.4 is 10.1 Å². The summed E-state index contributed by atoms with van der Waals surface area (Å²) < 4.78 is 10.0. The number of nitrogens with zero attached hydrogens (tertiary/aromatic N) is 2. The fraction of sp³-hybridized carbons (Fsp3) is 0.125. The number of benzene rings is 2. The average Bonchev–Trinajstić information content (AvgIpc) is 2.61. The van der Waals surface area contributed by atoms with Gasteiger partial charge in [-0.05, 0) is 35.9 Å². The van der Waals surface area contributed by atoms with Crippen LogP contribution >= 0.6 is 8.60 Å². The Labute approximate surface area is 139 Å². The minimum absolute atomic E-state index is 0.145. The fourth-order valence-electron chi connectivity index (χ4n) is 2.22. The first kappa shape index (κ1) is 16.5. The molecule has 124 valence electrons. The van der Waals surface area contributed by atoms with Crippen molar-refractivity contribution in [3.63, 3.8) is 0 Å². The summed E-state index contributed by atoms with van der Waals surface area (Å²) in [4.78, 5) is 26.1. The number of anilines is 2. The number of hydrogen-bond donors (Lipinski definition) is 3. The highest BCUT2D eigenvalue weighted by Crippen LogP contribution is 2.28. The van der Waals surface area contributed by atoms with Crippen LogP contribution in [0.1, 0.15) is 5.56 Å². The summed E-state index contributed by atoms with van der Waals surface area (Å²) in [6, 6.07) is 13.0. The number of hydrogen-bond acceptors (Lipinski definition) is 7. The fourth-order valence-corrected chi connectivity index (χ4v) is 2.48. The number of rotatable bonds is 6. The van der Waals surface area contributed by atoms with E-state index in [-0.39, 0.29) is 6.61 Å². The summed E-state index contributed by atoms with van der Waals surface area (Å²) in [7, 11) is -0.726. The maximum atomic E-state index is 8.77. The summed E-state index contributed by atoms with van der Waals surface area (Å²) in [6.45, 7) is 0.145. The maximum absolute atomic E-state index is 8.77. The van der Waals surface area contributed by atoms with Gasteiger partial charge in [0.1, 0.15) is 17.9 Å². The van der Waals surface area contributed by atoms with E-state index in [0.717, 1.165) is 27.9 Å². The second-order valence-electron chi connectivity index (χ2n) is 4.95. The number of aromatic nitrogens is 2. The van der Waals surface area contributed by atoms with Crippen LogP contribution in [0.15, 0.2) is 48.8 Å². The van der Waals surface area contributed by atoms with Crippen LogP contribution in [0.4, 0.5) is 11.5 Å². The lowest BCUT2D eigenvalue weighted by molar-refractivity contribution is 0.246. The van der Waals surface area contributed by atoms with E-state index in [9.17, 15) is 0 Å².